The number of morpholine rings is 1. The van der Waals surface area contributed by atoms with Crippen molar-refractivity contribution in [3.8, 4) is 5.75 Å². The van der Waals surface area contributed by atoms with Crippen LogP contribution in [0.1, 0.15) is 29.8 Å². The molecule has 178 valence electrons. The van der Waals surface area contributed by atoms with Crippen LogP contribution in [-0.4, -0.2) is 56.0 Å². The Morgan fingerprint density at radius 1 is 1.21 bits per heavy atom. The van der Waals surface area contributed by atoms with Gasteiger partial charge in [-0.3, -0.25) is 10.1 Å². The average molecular weight is 499 g/mol. The number of sulfonamides is 1. The summed E-state index contributed by atoms with van der Waals surface area (Å²) in [6.07, 6.45) is -0.583. The van der Waals surface area contributed by atoms with Crippen LogP contribution >= 0.6 is 11.6 Å². The van der Waals surface area contributed by atoms with Gasteiger partial charge in [0, 0.05) is 30.8 Å². The van der Waals surface area contributed by atoms with Crippen LogP contribution < -0.4 is 4.74 Å². The van der Waals surface area contributed by atoms with Crippen molar-refractivity contribution in [2.45, 2.75) is 37.6 Å². The molecular weight excluding hydrogens is 476 g/mol. The maximum absolute atomic E-state index is 13.2. The summed E-state index contributed by atoms with van der Waals surface area (Å²) in [5.74, 6) is -0.510. The molecule has 1 heterocycles. The Balaban J connectivity index is 1.83. The highest BCUT2D eigenvalue weighted by Crippen LogP contribution is 2.29. The highest BCUT2D eigenvalue weighted by Gasteiger charge is 2.34. The Bertz CT molecular complexity index is 1160. The van der Waals surface area contributed by atoms with E-state index >= 15 is 0 Å². The minimum Gasteiger partial charge on any atom is -0.496 e. The molecular formula is C21H23ClN2O8S. The fourth-order valence-corrected chi connectivity index (χ4v) is 5.60. The average Bonchev–Trinajstić information content (AvgIpc) is 2.76. The number of nitro benzene ring substituents is 1. The van der Waals surface area contributed by atoms with E-state index in [1.807, 2.05) is 0 Å². The summed E-state index contributed by atoms with van der Waals surface area (Å²) in [6, 6.07) is 7.73. The standard InChI is InChI=1S/C21H23ClN2O8S/c1-13-10-23(11-14(2)32-13)33(28,29)20-9-15(4-6-18(20)22)21(25)31-12-16-8-17(24(26)27)5-7-19(16)30-3/h4-9,13-14H,10-12H2,1-3H3. The van der Waals surface area contributed by atoms with Crippen LogP contribution in [0.2, 0.25) is 5.02 Å². The molecule has 1 fully saturated rings. The van der Waals surface area contributed by atoms with Crippen molar-refractivity contribution in [2.75, 3.05) is 20.2 Å². The van der Waals surface area contributed by atoms with Gasteiger partial charge >= 0.3 is 5.97 Å². The fourth-order valence-electron chi connectivity index (χ4n) is 3.51. The van der Waals surface area contributed by atoms with Crippen molar-refractivity contribution in [3.63, 3.8) is 0 Å². The summed E-state index contributed by atoms with van der Waals surface area (Å²) in [4.78, 5) is 22.9. The van der Waals surface area contributed by atoms with Crippen molar-refractivity contribution >= 4 is 33.3 Å². The van der Waals surface area contributed by atoms with Gasteiger partial charge < -0.3 is 14.2 Å². The molecule has 0 amide bonds. The topological polar surface area (TPSA) is 125 Å². The lowest BCUT2D eigenvalue weighted by Gasteiger charge is -2.34. The number of non-ortho nitro benzene ring substituents is 1. The van der Waals surface area contributed by atoms with Gasteiger partial charge in [-0.25, -0.2) is 13.2 Å². The fraction of sp³-hybridized carbons (Fsp3) is 0.381. The van der Waals surface area contributed by atoms with Crippen LogP contribution in [0.5, 0.6) is 5.75 Å². The number of carbonyl (C=O) groups excluding carboxylic acids is 1. The SMILES string of the molecule is COc1ccc([N+](=O)[O-])cc1COC(=O)c1ccc(Cl)c(S(=O)(=O)N2CC(C)OC(C)C2)c1. The second-order valence-corrected chi connectivity index (χ2v) is 9.87. The number of methoxy groups -OCH3 is 1. The molecule has 0 radical (unpaired) electrons. The van der Waals surface area contributed by atoms with E-state index in [-0.39, 0.29) is 58.6 Å². The molecule has 1 saturated heterocycles. The summed E-state index contributed by atoms with van der Waals surface area (Å²) in [6.45, 7) is 3.55. The molecule has 0 saturated carbocycles. The third-order valence-corrected chi connectivity index (χ3v) is 7.32. The lowest BCUT2D eigenvalue weighted by Crippen LogP contribution is -2.48. The number of hydrogen-bond donors (Lipinski definition) is 0. The number of rotatable bonds is 7. The number of hydrogen-bond acceptors (Lipinski definition) is 8. The first kappa shape index (κ1) is 24.9. The Hall–Kier alpha value is -2.73. The zero-order valence-corrected chi connectivity index (χ0v) is 19.8. The van der Waals surface area contributed by atoms with E-state index < -0.39 is 20.9 Å². The summed E-state index contributed by atoms with van der Waals surface area (Å²) < 4.78 is 43.7. The van der Waals surface area contributed by atoms with E-state index in [1.54, 1.807) is 13.8 Å². The zero-order valence-electron chi connectivity index (χ0n) is 18.2. The second-order valence-electron chi connectivity index (χ2n) is 7.55. The molecule has 33 heavy (non-hydrogen) atoms. The first-order valence-corrected chi connectivity index (χ1v) is 11.8. The largest absolute Gasteiger partial charge is 0.496 e. The molecule has 2 aromatic rings. The molecule has 12 heteroatoms. The van der Waals surface area contributed by atoms with Crippen LogP contribution in [0.25, 0.3) is 0 Å². The first-order valence-electron chi connectivity index (χ1n) is 9.96. The summed E-state index contributed by atoms with van der Waals surface area (Å²) in [5, 5.41) is 11.0. The van der Waals surface area contributed by atoms with Gasteiger partial charge in [0.05, 0.1) is 34.8 Å². The van der Waals surface area contributed by atoms with Crippen LogP contribution in [0.15, 0.2) is 41.3 Å². The Morgan fingerprint density at radius 3 is 2.48 bits per heavy atom. The van der Waals surface area contributed by atoms with Crippen LogP contribution in [0.4, 0.5) is 5.69 Å². The van der Waals surface area contributed by atoms with Gasteiger partial charge in [-0.1, -0.05) is 11.6 Å². The number of nitrogens with zero attached hydrogens (tertiary/aromatic N) is 2. The third kappa shape index (κ3) is 5.61. The molecule has 2 atom stereocenters. The van der Waals surface area contributed by atoms with Crippen molar-refractivity contribution in [1.82, 2.24) is 4.31 Å². The molecule has 2 aromatic carbocycles. The normalized spacial score (nSPS) is 19.2. The molecule has 0 aliphatic carbocycles. The smallest absolute Gasteiger partial charge is 0.338 e. The molecule has 3 rings (SSSR count). The third-order valence-electron chi connectivity index (χ3n) is 5.00. The Morgan fingerprint density at radius 2 is 1.88 bits per heavy atom. The maximum Gasteiger partial charge on any atom is 0.338 e. The van der Waals surface area contributed by atoms with Gasteiger partial charge in [0.1, 0.15) is 17.3 Å². The van der Waals surface area contributed by atoms with Crippen molar-refractivity contribution in [2.24, 2.45) is 0 Å². The Labute approximate surface area is 196 Å². The Kier molecular flexibility index (Phi) is 7.58. The van der Waals surface area contributed by atoms with E-state index in [0.29, 0.717) is 5.75 Å². The first-order chi connectivity index (χ1) is 15.5. The number of nitro groups is 1. The predicted octanol–water partition coefficient (Wildman–Crippen LogP) is 3.41. The van der Waals surface area contributed by atoms with Gasteiger partial charge in [0.2, 0.25) is 10.0 Å². The van der Waals surface area contributed by atoms with Crippen LogP contribution in [-0.2, 0) is 26.1 Å². The van der Waals surface area contributed by atoms with Crippen molar-refractivity contribution in [3.05, 3.63) is 62.7 Å². The quantitative estimate of drug-likeness (QED) is 0.323. The summed E-state index contributed by atoms with van der Waals surface area (Å²) >= 11 is 6.17. The monoisotopic (exact) mass is 498 g/mol. The maximum atomic E-state index is 13.2. The molecule has 10 nitrogen and oxygen atoms in total. The second kappa shape index (κ2) is 10.0. The highest BCUT2D eigenvalue weighted by atomic mass is 35.5. The van der Waals surface area contributed by atoms with Crippen LogP contribution in [0, 0.1) is 10.1 Å². The predicted molar refractivity (Wildman–Crippen MR) is 119 cm³/mol. The van der Waals surface area contributed by atoms with Crippen molar-refractivity contribution < 1.29 is 32.3 Å². The zero-order chi connectivity index (χ0) is 24.3. The van der Waals surface area contributed by atoms with Gasteiger partial charge in [0.15, 0.2) is 0 Å². The number of benzene rings is 2. The minimum atomic E-state index is -3.99. The lowest BCUT2D eigenvalue weighted by molar-refractivity contribution is -0.385. The molecule has 2 unspecified atom stereocenters. The summed E-state index contributed by atoms with van der Waals surface area (Å²) in [5.41, 5.74) is 0.0746. The van der Waals surface area contributed by atoms with E-state index in [4.69, 9.17) is 25.8 Å². The van der Waals surface area contributed by atoms with Crippen LogP contribution in [0.3, 0.4) is 0 Å². The molecule has 0 aromatic heterocycles. The molecule has 0 N–H and O–H groups in total. The van der Waals surface area contributed by atoms with Gasteiger partial charge in [-0.15, -0.1) is 0 Å². The molecule has 0 spiro atoms. The van der Waals surface area contributed by atoms with Gasteiger partial charge in [-0.05, 0) is 38.1 Å². The molecule has 1 aliphatic heterocycles. The van der Waals surface area contributed by atoms with E-state index in [0.717, 1.165) is 6.07 Å². The molecule has 0 bridgehead atoms. The number of carbonyl (C=O) groups is 1. The highest BCUT2D eigenvalue weighted by molar-refractivity contribution is 7.89. The number of ether oxygens (including phenoxy) is 3. The van der Waals surface area contributed by atoms with E-state index in [9.17, 15) is 23.3 Å². The van der Waals surface area contributed by atoms with Gasteiger partial charge in [-0.2, -0.15) is 4.31 Å². The van der Waals surface area contributed by atoms with E-state index in [1.165, 1.54) is 41.7 Å². The van der Waals surface area contributed by atoms with E-state index in [2.05, 4.69) is 0 Å². The number of esters is 1. The van der Waals surface area contributed by atoms with Crippen molar-refractivity contribution in [1.29, 1.82) is 0 Å². The minimum absolute atomic E-state index is 0.0290. The lowest BCUT2D eigenvalue weighted by atomic mass is 10.2. The summed E-state index contributed by atoms with van der Waals surface area (Å²) in [7, 11) is -2.60. The number of halogens is 1. The molecule has 1 aliphatic rings. The van der Waals surface area contributed by atoms with Gasteiger partial charge in [0.25, 0.3) is 5.69 Å².